The summed E-state index contributed by atoms with van der Waals surface area (Å²) in [6.45, 7) is 5.36. The minimum atomic E-state index is -0.418. The number of hydrogen-bond acceptors (Lipinski definition) is 3. The number of aromatic nitrogens is 1. The molecule has 0 aliphatic carbocycles. The van der Waals surface area contributed by atoms with Gasteiger partial charge in [-0.3, -0.25) is 9.59 Å². The van der Waals surface area contributed by atoms with Gasteiger partial charge in [0, 0.05) is 18.3 Å². The normalized spacial score (nSPS) is 14.1. The Morgan fingerprint density at radius 3 is 2.65 bits per heavy atom. The molecule has 0 aromatic carbocycles. The number of hydrogen-bond donors (Lipinski definition) is 3. The zero-order chi connectivity index (χ0) is 13.0. The van der Waals surface area contributed by atoms with Crippen LogP contribution in [-0.2, 0) is 0 Å². The molecule has 17 heavy (non-hydrogen) atoms. The number of amides is 1. The van der Waals surface area contributed by atoms with Gasteiger partial charge in [-0.15, -0.1) is 0 Å². The summed E-state index contributed by atoms with van der Waals surface area (Å²) in [6, 6.07) is 2.99. The third-order valence-corrected chi connectivity index (χ3v) is 2.80. The van der Waals surface area contributed by atoms with E-state index in [1.807, 2.05) is 6.92 Å². The van der Waals surface area contributed by atoms with Gasteiger partial charge in [-0.05, 0) is 31.9 Å². The van der Waals surface area contributed by atoms with E-state index in [1.165, 1.54) is 6.07 Å². The molecule has 94 valence electrons. The number of rotatable bonds is 4. The van der Waals surface area contributed by atoms with E-state index < -0.39 is 11.5 Å². The third-order valence-electron chi connectivity index (χ3n) is 2.80. The molecule has 0 saturated heterocycles. The largest absolute Gasteiger partial charge is 0.396 e. The Morgan fingerprint density at radius 1 is 1.47 bits per heavy atom. The minimum absolute atomic E-state index is 0.00823. The number of H-pyrrole nitrogens is 1. The summed E-state index contributed by atoms with van der Waals surface area (Å²) in [4.78, 5) is 25.9. The Hall–Kier alpha value is -1.62. The highest BCUT2D eigenvalue weighted by Crippen LogP contribution is 2.02. The van der Waals surface area contributed by atoms with E-state index in [1.54, 1.807) is 19.9 Å². The molecule has 0 aliphatic rings. The standard InChI is InChI=1S/C12H18N2O3/c1-7(6-15)9(3)14-12(17)10-5-4-8(2)13-11(10)16/h4-5,7,9,15H,6H2,1-3H3,(H,13,16)(H,14,17)/t7-,9+/m1/s1. The molecule has 1 aromatic rings. The maximum absolute atomic E-state index is 11.8. The summed E-state index contributed by atoms with van der Waals surface area (Å²) in [5.74, 6) is -0.470. The Kier molecular flexibility index (Phi) is 4.45. The average molecular weight is 238 g/mol. The quantitative estimate of drug-likeness (QED) is 0.711. The van der Waals surface area contributed by atoms with Crippen molar-refractivity contribution in [3.8, 4) is 0 Å². The molecule has 0 radical (unpaired) electrons. The second-order valence-corrected chi connectivity index (χ2v) is 4.31. The third kappa shape index (κ3) is 3.42. The average Bonchev–Trinajstić information content (AvgIpc) is 2.27. The molecular formula is C12H18N2O3. The van der Waals surface area contributed by atoms with Gasteiger partial charge in [-0.1, -0.05) is 6.92 Å². The van der Waals surface area contributed by atoms with E-state index >= 15 is 0 Å². The zero-order valence-electron chi connectivity index (χ0n) is 10.3. The van der Waals surface area contributed by atoms with Gasteiger partial charge in [0.1, 0.15) is 5.56 Å². The molecule has 0 saturated carbocycles. The first-order valence-electron chi connectivity index (χ1n) is 5.57. The van der Waals surface area contributed by atoms with Gasteiger partial charge in [-0.25, -0.2) is 0 Å². The van der Waals surface area contributed by atoms with Crippen molar-refractivity contribution in [1.29, 1.82) is 0 Å². The molecular weight excluding hydrogens is 220 g/mol. The minimum Gasteiger partial charge on any atom is -0.396 e. The lowest BCUT2D eigenvalue weighted by Gasteiger charge is -2.18. The number of pyridine rings is 1. The second kappa shape index (κ2) is 5.63. The van der Waals surface area contributed by atoms with Crippen molar-refractivity contribution >= 4 is 5.91 Å². The van der Waals surface area contributed by atoms with E-state index in [0.29, 0.717) is 5.69 Å². The summed E-state index contributed by atoms with van der Waals surface area (Å²) in [5.41, 5.74) is 0.405. The van der Waals surface area contributed by atoms with Crippen molar-refractivity contribution in [3.63, 3.8) is 0 Å². The van der Waals surface area contributed by atoms with Gasteiger partial charge in [0.15, 0.2) is 0 Å². The Bertz CT molecular complexity index is 453. The zero-order valence-corrected chi connectivity index (χ0v) is 10.3. The summed E-state index contributed by atoms with van der Waals surface area (Å²) in [5, 5.41) is 11.6. The summed E-state index contributed by atoms with van der Waals surface area (Å²) in [7, 11) is 0. The Labute approximate surface area is 99.9 Å². The maximum atomic E-state index is 11.8. The number of carbonyl (C=O) groups is 1. The molecule has 1 heterocycles. The number of aromatic amines is 1. The van der Waals surface area contributed by atoms with Crippen molar-refractivity contribution < 1.29 is 9.90 Å². The van der Waals surface area contributed by atoms with Gasteiger partial charge in [0.05, 0.1) is 0 Å². The molecule has 1 aromatic heterocycles. The van der Waals surface area contributed by atoms with Gasteiger partial charge in [-0.2, -0.15) is 0 Å². The predicted octanol–water partition coefficient (Wildman–Crippen LogP) is 0.430. The fraction of sp³-hybridized carbons (Fsp3) is 0.500. The Balaban J connectivity index is 2.80. The van der Waals surface area contributed by atoms with E-state index in [4.69, 9.17) is 5.11 Å². The van der Waals surface area contributed by atoms with Crippen LogP contribution in [0, 0.1) is 12.8 Å². The van der Waals surface area contributed by atoms with E-state index in [0.717, 1.165) is 0 Å². The molecule has 0 unspecified atom stereocenters. The second-order valence-electron chi connectivity index (χ2n) is 4.31. The van der Waals surface area contributed by atoms with Crippen molar-refractivity contribution in [2.75, 3.05) is 6.61 Å². The van der Waals surface area contributed by atoms with Crippen LogP contribution in [0.25, 0.3) is 0 Å². The highest BCUT2D eigenvalue weighted by molar-refractivity contribution is 5.93. The summed E-state index contributed by atoms with van der Waals surface area (Å²) in [6.07, 6.45) is 0. The number of carbonyl (C=O) groups excluding carboxylic acids is 1. The van der Waals surface area contributed by atoms with Crippen molar-refractivity contribution in [2.45, 2.75) is 26.8 Å². The first-order chi connectivity index (χ1) is 7.95. The predicted molar refractivity (Wildman–Crippen MR) is 65.0 cm³/mol. The van der Waals surface area contributed by atoms with E-state index in [2.05, 4.69) is 10.3 Å². The first kappa shape index (κ1) is 13.4. The molecule has 5 heteroatoms. The van der Waals surface area contributed by atoms with Crippen molar-refractivity contribution in [2.24, 2.45) is 5.92 Å². The highest BCUT2D eigenvalue weighted by Gasteiger charge is 2.16. The molecule has 0 aliphatic heterocycles. The van der Waals surface area contributed by atoms with E-state index in [-0.39, 0.29) is 24.1 Å². The molecule has 3 N–H and O–H groups in total. The van der Waals surface area contributed by atoms with Crippen LogP contribution in [0.1, 0.15) is 29.9 Å². The highest BCUT2D eigenvalue weighted by atomic mass is 16.3. The fourth-order valence-corrected chi connectivity index (χ4v) is 1.34. The monoisotopic (exact) mass is 238 g/mol. The molecule has 5 nitrogen and oxygen atoms in total. The van der Waals surface area contributed by atoms with Crippen LogP contribution in [0.3, 0.4) is 0 Å². The van der Waals surface area contributed by atoms with Gasteiger partial charge >= 0.3 is 0 Å². The molecule has 0 fully saturated rings. The molecule has 0 bridgehead atoms. The van der Waals surface area contributed by atoms with Gasteiger partial charge in [0.2, 0.25) is 0 Å². The first-order valence-corrected chi connectivity index (χ1v) is 5.57. The van der Waals surface area contributed by atoms with Crippen LogP contribution in [-0.4, -0.2) is 28.6 Å². The van der Waals surface area contributed by atoms with Crippen LogP contribution in [0.5, 0.6) is 0 Å². The van der Waals surface area contributed by atoms with Crippen LogP contribution >= 0.6 is 0 Å². The van der Waals surface area contributed by atoms with Gasteiger partial charge < -0.3 is 15.4 Å². The van der Waals surface area contributed by atoms with Crippen LogP contribution in [0.2, 0.25) is 0 Å². The number of aryl methyl sites for hydroxylation is 1. The molecule has 0 spiro atoms. The van der Waals surface area contributed by atoms with Crippen LogP contribution < -0.4 is 10.9 Å². The topological polar surface area (TPSA) is 82.2 Å². The number of aliphatic hydroxyl groups excluding tert-OH is 1. The summed E-state index contributed by atoms with van der Waals surface area (Å²) >= 11 is 0. The number of aliphatic hydroxyl groups is 1. The lowest BCUT2D eigenvalue weighted by molar-refractivity contribution is 0.0914. The van der Waals surface area contributed by atoms with Crippen LogP contribution in [0.4, 0.5) is 0 Å². The molecule has 1 amide bonds. The van der Waals surface area contributed by atoms with Gasteiger partial charge in [0.25, 0.3) is 11.5 Å². The Morgan fingerprint density at radius 2 is 2.12 bits per heavy atom. The van der Waals surface area contributed by atoms with Crippen LogP contribution in [0.15, 0.2) is 16.9 Å². The van der Waals surface area contributed by atoms with E-state index in [9.17, 15) is 9.59 Å². The maximum Gasteiger partial charge on any atom is 0.260 e. The SMILES string of the molecule is Cc1ccc(C(=O)N[C@@H](C)[C@H](C)CO)c(=O)[nH]1. The smallest absolute Gasteiger partial charge is 0.260 e. The summed E-state index contributed by atoms with van der Waals surface area (Å²) < 4.78 is 0. The lowest BCUT2D eigenvalue weighted by Crippen LogP contribution is -2.40. The lowest BCUT2D eigenvalue weighted by atomic mass is 10.0. The molecule has 2 atom stereocenters. The van der Waals surface area contributed by atoms with Crippen molar-refractivity contribution in [1.82, 2.24) is 10.3 Å². The molecule has 1 rings (SSSR count). The number of nitrogens with one attached hydrogen (secondary N) is 2. The fourth-order valence-electron chi connectivity index (χ4n) is 1.34. The van der Waals surface area contributed by atoms with Crippen molar-refractivity contribution in [3.05, 3.63) is 33.7 Å².